The standard InChI is InChI=1S/C12H14FN3O4/c1-20-11-5-9(8(13)4-10(11)16(18)19)14-6-7-2-3-12(17)15-7/h4-5,7,14H,2-3,6H2,1H3,(H,15,17). The highest BCUT2D eigenvalue weighted by Gasteiger charge is 2.22. The second-order valence-electron chi connectivity index (χ2n) is 4.45. The third-order valence-electron chi connectivity index (χ3n) is 3.09. The van der Waals surface area contributed by atoms with Crippen molar-refractivity contribution in [3.8, 4) is 5.75 Å². The third kappa shape index (κ3) is 2.95. The van der Waals surface area contributed by atoms with Crippen molar-refractivity contribution in [1.82, 2.24) is 5.32 Å². The zero-order valence-corrected chi connectivity index (χ0v) is 10.8. The van der Waals surface area contributed by atoms with E-state index in [4.69, 9.17) is 4.74 Å². The van der Waals surface area contributed by atoms with E-state index in [0.29, 0.717) is 19.4 Å². The van der Waals surface area contributed by atoms with E-state index in [1.54, 1.807) is 0 Å². The number of methoxy groups -OCH3 is 1. The van der Waals surface area contributed by atoms with Gasteiger partial charge in [-0.3, -0.25) is 14.9 Å². The van der Waals surface area contributed by atoms with Crippen molar-refractivity contribution in [2.75, 3.05) is 19.0 Å². The molecule has 0 saturated carbocycles. The molecule has 108 valence electrons. The summed E-state index contributed by atoms with van der Waals surface area (Å²) in [7, 11) is 1.28. The summed E-state index contributed by atoms with van der Waals surface area (Å²) in [4.78, 5) is 21.1. The van der Waals surface area contributed by atoms with Crippen LogP contribution >= 0.6 is 0 Å². The molecular weight excluding hydrogens is 269 g/mol. The second kappa shape index (κ2) is 5.72. The van der Waals surface area contributed by atoms with E-state index in [9.17, 15) is 19.3 Å². The number of hydrogen-bond donors (Lipinski definition) is 2. The molecule has 0 aliphatic carbocycles. The molecule has 1 saturated heterocycles. The number of anilines is 1. The molecule has 1 atom stereocenters. The first kappa shape index (κ1) is 14.0. The van der Waals surface area contributed by atoms with Crippen molar-refractivity contribution in [1.29, 1.82) is 0 Å². The molecule has 1 unspecified atom stereocenters. The van der Waals surface area contributed by atoms with Crippen LogP contribution < -0.4 is 15.4 Å². The molecule has 1 aromatic carbocycles. The zero-order chi connectivity index (χ0) is 14.7. The second-order valence-corrected chi connectivity index (χ2v) is 4.45. The Hall–Kier alpha value is -2.38. The minimum Gasteiger partial charge on any atom is -0.490 e. The van der Waals surface area contributed by atoms with Gasteiger partial charge in [0.05, 0.1) is 23.8 Å². The molecule has 8 heteroatoms. The summed E-state index contributed by atoms with van der Waals surface area (Å²) >= 11 is 0. The SMILES string of the molecule is COc1cc(NCC2CCC(=O)N2)c(F)cc1[N+](=O)[O-]. The number of carbonyl (C=O) groups is 1. The van der Waals surface area contributed by atoms with E-state index < -0.39 is 16.4 Å². The van der Waals surface area contributed by atoms with Crippen molar-refractivity contribution < 1.29 is 18.8 Å². The predicted molar refractivity (Wildman–Crippen MR) is 69.3 cm³/mol. The molecule has 0 aromatic heterocycles. The lowest BCUT2D eigenvalue weighted by Gasteiger charge is -2.13. The summed E-state index contributed by atoms with van der Waals surface area (Å²) in [5, 5.41) is 16.3. The number of ether oxygens (including phenoxy) is 1. The lowest BCUT2D eigenvalue weighted by atomic mass is 10.2. The number of amides is 1. The van der Waals surface area contributed by atoms with Gasteiger partial charge in [0.15, 0.2) is 11.6 Å². The highest BCUT2D eigenvalue weighted by atomic mass is 19.1. The number of hydrogen-bond acceptors (Lipinski definition) is 5. The Kier molecular flexibility index (Phi) is 4.02. The van der Waals surface area contributed by atoms with Crippen LogP contribution in [-0.4, -0.2) is 30.5 Å². The smallest absolute Gasteiger partial charge is 0.313 e. The number of nitro benzene ring substituents is 1. The highest BCUT2D eigenvalue weighted by Crippen LogP contribution is 2.32. The number of halogens is 1. The number of nitro groups is 1. The third-order valence-corrected chi connectivity index (χ3v) is 3.09. The van der Waals surface area contributed by atoms with Gasteiger partial charge in [-0.15, -0.1) is 0 Å². The van der Waals surface area contributed by atoms with Crippen LogP contribution in [0, 0.1) is 15.9 Å². The Morgan fingerprint density at radius 2 is 2.35 bits per heavy atom. The summed E-state index contributed by atoms with van der Waals surface area (Å²) in [6, 6.07) is 1.99. The van der Waals surface area contributed by atoms with Gasteiger partial charge in [0, 0.05) is 25.1 Å². The van der Waals surface area contributed by atoms with Gasteiger partial charge >= 0.3 is 5.69 Å². The molecular formula is C12H14FN3O4. The fourth-order valence-corrected chi connectivity index (χ4v) is 2.05. The van der Waals surface area contributed by atoms with Crippen molar-refractivity contribution in [2.45, 2.75) is 18.9 Å². The molecule has 7 nitrogen and oxygen atoms in total. The molecule has 1 fully saturated rings. The fourth-order valence-electron chi connectivity index (χ4n) is 2.05. The molecule has 1 heterocycles. The Balaban J connectivity index is 2.11. The number of nitrogens with one attached hydrogen (secondary N) is 2. The minimum atomic E-state index is -0.734. The molecule has 2 N–H and O–H groups in total. The lowest BCUT2D eigenvalue weighted by Crippen LogP contribution is -2.32. The van der Waals surface area contributed by atoms with Gasteiger partial charge in [-0.05, 0) is 6.42 Å². The first-order valence-corrected chi connectivity index (χ1v) is 6.06. The minimum absolute atomic E-state index is 0.0191. The van der Waals surface area contributed by atoms with E-state index in [1.807, 2.05) is 0 Å². The summed E-state index contributed by atoms with van der Waals surface area (Å²) in [6.07, 6.45) is 1.13. The van der Waals surface area contributed by atoms with Crippen molar-refractivity contribution in [3.63, 3.8) is 0 Å². The van der Waals surface area contributed by atoms with Crippen LogP contribution in [0.1, 0.15) is 12.8 Å². The van der Waals surface area contributed by atoms with Crippen LogP contribution in [0.3, 0.4) is 0 Å². The first-order valence-electron chi connectivity index (χ1n) is 6.06. The first-order chi connectivity index (χ1) is 9.51. The average Bonchev–Trinajstić information content (AvgIpc) is 2.82. The van der Waals surface area contributed by atoms with Crippen LogP contribution in [0.5, 0.6) is 5.75 Å². The molecule has 1 aliphatic heterocycles. The molecule has 20 heavy (non-hydrogen) atoms. The van der Waals surface area contributed by atoms with Crippen LogP contribution in [-0.2, 0) is 4.79 Å². The number of benzene rings is 1. The lowest BCUT2D eigenvalue weighted by molar-refractivity contribution is -0.385. The largest absolute Gasteiger partial charge is 0.490 e. The van der Waals surface area contributed by atoms with E-state index in [-0.39, 0.29) is 23.4 Å². The molecule has 0 radical (unpaired) electrons. The predicted octanol–water partition coefficient (Wildman–Crippen LogP) is 1.43. The highest BCUT2D eigenvalue weighted by molar-refractivity contribution is 5.78. The fraction of sp³-hybridized carbons (Fsp3) is 0.417. The monoisotopic (exact) mass is 283 g/mol. The van der Waals surface area contributed by atoms with Gasteiger partial charge in [-0.2, -0.15) is 0 Å². The maximum absolute atomic E-state index is 13.8. The summed E-state index contributed by atoms with van der Waals surface area (Å²) in [6.45, 7) is 0.351. The van der Waals surface area contributed by atoms with Crippen molar-refractivity contribution in [2.24, 2.45) is 0 Å². The topological polar surface area (TPSA) is 93.5 Å². The van der Waals surface area contributed by atoms with Crippen LogP contribution in [0.15, 0.2) is 12.1 Å². The molecule has 1 aromatic rings. The molecule has 2 rings (SSSR count). The van der Waals surface area contributed by atoms with Gasteiger partial charge < -0.3 is 15.4 Å². The van der Waals surface area contributed by atoms with E-state index in [2.05, 4.69) is 10.6 Å². The van der Waals surface area contributed by atoms with Gasteiger partial charge in [0.1, 0.15) is 0 Å². The Bertz CT molecular complexity index is 550. The number of carbonyl (C=O) groups excluding carboxylic acids is 1. The van der Waals surface area contributed by atoms with Crippen LogP contribution in [0.25, 0.3) is 0 Å². The van der Waals surface area contributed by atoms with Gasteiger partial charge in [-0.1, -0.05) is 0 Å². The van der Waals surface area contributed by atoms with Crippen molar-refractivity contribution >= 4 is 17.3 Å². The maximum Gasteiger partial charge on any atom is 0.313 e. The van der Waals surface area contributed by atoms with E-state index >= 15 is 0 Å². The molecule has 0 bridgehead atoms. The van der Waals surface area contributed by atoms with Gasteiger partial charge in [0.2, 0.25) is 5.91 Å². The molecule has 1 amide bonds. The van der Waals surface area contributed by atoms with E-state index in [1.165, 1.54) is 13.2 Å². The van der Waals surface area contributed by atoms with Gasteiger partial charge in [-0.25, -0.2) is 4.39 Å². The Labute approximate surface area is 114 Å². The maximum atomic E-state index is 13.8. The molecule has 0 spiro atoms. The van der Waals surface area contributed by atoms with E-state index in [0.717, 1.165) is 6.07 Å². The average molecular weight is 283 g/mol. The summed E-state index contributed by atoms with van der Waals surface area (Å²) in [5.41, 5.74) is -0.321. The normalized spacial score (nSPS) is 17.7. The van der Waals surface area contributed by atoms with Crippen LogP contribution in [0.4, 0.5) is 15.8 Å². The van der Waals surface area contributed by atoms with Gasteiger partial charge in [0.25, 0.3) is 0 Å². The zero-order valence-electron chi connectivity index (χ0n) is 10.8. The Morgan fingerprint density at radius 3 is 2.90 bits per heavy atom. The Morgan fingerprint density at radius 1 is 1.60 bits per heavy atom. The summed E-state index contributed by atoms with van der Waals surface area (Å²) < 4.78 is 18.6. The quantitative estimate of drug-likeness (QED) is 0.630. The summed E-state index contributed by atoms with van der Waals surface area (Å²) in [5.74, 6) is -0.783. The van der Waals surface area contributed by atoms with Crippen molar-refractivity contribution in [3.05, 3.63) is 28.1 Å². The number of rotatable bonds is 5. The number of nitrogens with zero attached hydrogens (tertiary/aromatic N) is 1. The molecule has 1 aliphatic rings. The van der Waals surface area contributed by atoms with Crippen LogP contribution in [0.2, 0.25) is 0 Å².